The molecule has 1 rings (SSSR count). The van der Waals surface area contributed by atoms with Gasteiger partial charge >= 0.3 is 0 Å². The van der Waals surface area contributed by atoms with Gasteiger partial charge in [-0.25, -0.2) is 0 Å². The van der Waals surface area contributed by atoms with Crippen molar-refractivity contribution < 1.29 is 9.13 Å². The summed E-state index contributed by atoms with van der Waals surface area (Å²) in [6, 6.07) is 0.620. The van der Waals surface area contributed by atoms with E-state index < -0.39 is 0 Å². The summed E-state index contributed by atoms with van der Waals surface area (Å²) in [5.74, 6) is 0. The molecule has 0 amide bonds. The second-order valence-electron chi connectivity index (χ2n) is 4.52. The van der Waals surface area contributed by atoms with E-state index in [2.05, 4.69) is 11.8 Å². The largest absolute Gasteiger partial charge is 0.381 e. The van der Waals surface area contributed by atoms with Crippen LogP contribution < -0.4 is 0 Å². The number of hydrogen-bond donors (Lipinski definition) is 0. The highest BCUT2D eigenvalue weighted by Crippen LogP contribution is 2.19. The van der Waals surface area contributed by atoms with Crippen molar-refractivity contribution in [1.82, 2.24) is 4.90 Å². The van der Waals surface area contributed by atoms with Gasteiger partial charge in [0.25, 0.3) is 0 Å². The van der Waals surface area contributed by atoms with Crippen LogP contribution in [0.5, 0.6) is 0 Å². The molecule has 1 aliphatic rings. The summed E-state index contributed by atoms with van der Waals surface area (Å²) >= 11 is 0. The Morgan fingerprint density at radius 2 is 2.13 bits per heavy atom. The van der Waals surface area contributed by atoms with Crippen molar-refractivity contribution in [1.29, 1.82) is 0 Å². The van der Waals surface area contributed by atoms with Crippen molar-refractivity contribution >= 4 is 0 Å². The van der Waals surface area contributed by atoms with E-state index in [0.717, 1.165) is 45.2 Å². The third-order valence-electron chi connectivity index (χ3n) is 3.38. The van der Waals surface area contributed by atoms with E-state index in [-0.39, 0.29) is 6.67 Å². The number of ether oxygens (including phenoxy) is 1. The first-order valence-electron chi connectivity index (χ1n) is 6.10. The van der Waals surface area contributed by atoms with Gasteiger partial charge in [0, 0.05) is 19.7 Å². The van der Waals surface area contributed by atoms with E-state index >= 15 is 0 Å². The van der Waals surface area contributed by atoms with Crippen LogP contribution in [0.4, 0.5) is 4.39 Å². The first-order valence-corrected chi connectivity index (χ1v) is 6.10. The highest BCUT2D eigenvalue weighted by molar-refractivity contribution is 4.78. The number of nitrogens with zero attached hydrogens (tertiary/aromatic N) is 1. The molecule has 0 bridgehead atoms. The van der Waals surface area contributed by atoms with Gasteiger partial charge < -0.3 is 9.64 Å². The first-order chi connectivity index (χ1) is 7.27. The smallest absolute Gasteiger partial charge is 0.0894 e. The van der Waals surface area contributed by atoms with Gasteiger partial charge in [-0.3, -0.25) is 4.39 Å². The summed E-state index contributed by atoms with van der Waals surface area (Å²) in [7, 11) is 1.80. The summed E-state index contributed by atoms with van der Waals surface area (Å²) in [6.07, 6.45) is 5.60. The van der Waals surface area contributed by atoms with E-state index in [0.29, 0.717) is 12.1 Å². The summed E-state index contributed by atoms with van der Waals surface area (Å²) in [6.45, 7) is 4.36. The fourth-order valence-corrected chi connectivity index (χ4v) is 2.31. The topological polar surface area (TPSA) is 12.5 Å². The Kier molecular flexibility index (Phi) is 6.18. The van der Waals surface area contributed by atoms with Crippen molar-refractivity contribution in [2.24, 2.45) is 0 Å². The van der Waals surface area contributed by atoms with Gasteiger partial charge in [0.05, 0.1) is 12.8 Å². The number of rotatable bonds is 6. The predicted octanol–water partition coefficient (Wildman–Crippen LogP) is 2.63. The standard InChI is InChI=1S/C12H24FNO/c1-11-10-12(15-2)6-9-14(11)8-5-3-4-7-13/h11-12H,3-10H2,1-2H3/t11-,12+/m1/s1. The zero-order valence-corrected chi connectivity index (χ0v) is 10.0. The Morgan fingerprint density at radius 1 is 1.33 bits per heavy atom. The summed E-state index contributed by atoms with van der Waals surface area (Å²) < 4.78 is 17.3. The molecular weight excluding hydrogens is 193 g/mol. The average molecular weight is 217 g/mol. The molecule has 0 N–H and O–H groups in total. The van der Waals surface area contributed by atoms with Crippen molar-refractivity contribution in [3.63, 3.8) is 0 Å². The van der Waals surface area contributed by atoms with Crippen LogP contribution in [0.2, 0.25) is 0 Å². The van der Waals surface area contributed by atoms with Crippen LogP contribution in [0.1, 0.15) is 39.0 Å². The molecule has 15 heavy (non-hydrogen) atoms. The lowest BCUT2D eigenvalue weighted by Gasteiger charge is -2.37. The summed E-state index contributed by atoms with van der Waals surface area (Å²) in [5.41, 5.74) is 0. The molecule has 2 atom stereocenters. The van der Waals surface area contributed by atoms with Crippen molar-refractivity contribution in [3.05, 3.63) is 0 Å². The maximum Gasteiger partial charge on any atom is 0.0894 e. The van der Waals surface area contributed by atoms with Crippen molar-refractivity contribution in [3.8, 4) is 0 Å². The second-order valence-corrected chi connectivity index (χ2v) is 4.52. The van der Waals surface area contributed by atoms with Crippen molar-refractivity contribution in [2.75, 3.05) is 26.9 Å². The zero-order valence-electron chi connectivity index (χ0n) is 10.0. The Balaban J connectivity index is 2.14. The number of likely N-dealkylation sites (tertiary alicyclic amines) is 1. The number of methoxy groups -OCH3 is 1. The minimum absolute atomic E-state index is 0.165. The molecule has 0 unspecified atom stereocenters. The van der Waals surface area contributed by atoms with Crippen LogP contribution in [0.3, 0.4) is 0 Å². The molecule has 1 saturated heterocycles. The SMILES string of the molecule is CO[C@H]1CCN(CCCCCF)[C@H](C)C1. The summed E-state index contributed by atoms with van der Waals surface area (Å²) in [5, 5.41) is 0. The monoisotopic (exact) mass is 217 g/mol. The minimum atomic E-state index is -0.165. The maximum atomic E-state index is 11.9. The average Bonchev–Trinajstić information content (AvgIpc) is 2.26. The van der Waals surface area contributed by atoms with Gasteiger partial charge in [0.15, 0.2) is 0 Å². The molecule has 0 saturated carbocycles. The van der Waals surface area contributed by atoms with Gasteiger partial charge in [-0.2, -0.15) is 0 Å². The lowest BCUT2D eigenvalue weighted by atomic mass is 10.0. The molecule has 0 aromatic rings. The quantitative estimate of drug-likeness (QED) is 0.634. The van der Waals surface area contributed by atoms with Gasteiger partial charge in [0.2, 0.25) is 0 Å². The lowest BCUT2D eigenvalue weighted by Crippen LogP contribution is -2.43. The second kappa shape index (κ2) is 7.18. The number of halogens is 1. The predicted molar refractivity (Wildman–Crippen MR) is 60.9 cm³/mol. The van der Waals surface area contributed by atoms with Crippen LogP contribution >= 0.6 is 0 Å². The van der Waals surface area contributed by atoms with Gasteiger partial charge in [-0.1, -0.05) is 0 Å². The molecule has 2 nitrogen and oxygen atoms in total. The Labute approximate surface area is 92.8 Å². The van der Waals surface area contributed by atoms with Gasteiger partial charge in [-0.05, 0) is 45.6 Å². The van der Waals surface area contributed by atoms with Crippen LogP contribution in [-0.2, 0) is 4.74 Å². The molecule has 0 aliphatic carbocycles. The molecule has 1 fully saturated rings. The summed E-state index contributed by atoms with van der Waals surface area (Å²) in [4.78, 5) is 2.51. The van der Waals surface area contributed by atoms with E-state index in [9.17, 15) is 4.39 Å². The highest BCUT2D eigenvalue weighted by atomic mass is 19.1. The third-order valence-corrected chi connectivity index (χ3v) is 3.38. The molecule has 3 heteroatoms. The molecule has 0 radical (unpaired) electrons. The van der Waals surface area contributed by atoms with Crippen LogP contribution in [0.25, 0.3) is 0 Å². The molecule has 90 valence electrons. The van der Waals surface area contributed by atoms with E-state index in [4.69, 9.17) is 4.74 Å². The zero-order chi connectivity index (χ0) is 11.1. The number of hydrogen-bond acceptors (Lipinski definition) is 2. The van der Waals surface area contributed by atoms with E-state index in [1.807, 2.05) is 0 Å². The number of piperidine rings is 1. The van der Waals surface area contributed by atoms with E-state index in [1.165, 1.54) is 0 Å². The molecule has 0 aromatic carbocycles. The molecule has 1 heterocycles. The Bertz CT molecular complexity index is 166. The Morgan fingerprint density at radius 3 is 2.73 bits per heavy atom. The Hall–Kier alpha value is -0.150. The van der Waals surface area contributed by atoms with Crippen LogP contribution in [0.15, 0.2) is 0 Å². The highest BCUT2D eigenvalue weighted by Gasteiger charge is 2.24. The molecule has 0 spiro atoms. The van der Waals surface area contributed by atoms with Crippen LogP contribution in [0, 0.1) is 0 Å². The molecule has 0 aromatic heterocycles. The third kappa shape index (κ3) is 4.47. The number of unbranched alkanes of at least 4 members (excludes halogenated alkanes) is 2. The fourth-order valence-electron chi connectivity index (χ4n) is 2.31. The van der Waals surface area contributed by atoms with E-state index in [1.54, 1.807) is 7.11 Å². The van der Waals surface area contributed by atoms with Crippen LogP contribution in [-0.4, -0.2) is 43.9 Å². The lowest BCUT2D eigenvalue weighted by molar-refractivity contribution is 0.0155. The maximum absolute atomic E-state index is 11.9. The van der Waals surface area contributed by atoms with Gasteiger partial charge in [0.1, 0.15) is 0 Å². The molecule has 1 aliphatic heterocycles. The first kappa shape index (κ1) is 12.9. The fraction of sp³-hybridized carbons (Fsp3) is 1.00. The normalized spacial score (nSPS) is 28.2. The number of alkyl halides is 1. The minimum Gasteiger partial charge on any atom is -0.381 e. The van der Waals surface area contributed by atoms with Gasteiger partial charge in [-0.15, -0.1) is 0 Å². The molecular formula is C12H24FNO. The van der Waals surface area contributed by atoms with Crippen molar-refractivity contribution in [2.45, 2.75) is 51.2 Å².